The molecule has 0 amide bonds. The van der Waals surface area contributed by atoms with Crippen molar-refractivity contribution in [2.75, 3.05) is 14.2 Å². The van der Waals surface area contributed by atoms with Gasteiger partial charge in [0.25, 0.3) is 0 Å². The Morgan fingerprint density at radius 1 is 1.10 bits per heavy atom. The van der Waals surface area contributed by atoms with Gasteiger partial charge in [-0.3, -0.25) is 0 Å². The molecule has 0 radical (unpaired) electrons. The van der Waals surface area contributed by atoms with Crippen LogP contribution in [0.5, 0.6) is 11.5 Å². The first-order valence-electron chi connectivity index (χ1n) is 5.82. The van der Waals surface area contributed by atoms with Crippen LogP contribution in [-0.2, 0) is 0 Å². The van der Waals surface area contributed by atoms with E-state index >= 15 is 0 Å². The maximum absolute atomic E-state index is 13.4. The van der Waals surface area contributed by atoms with Crippen molar-refractivity contribution in [1.82, 2.24) is 0 Å². The standard InChI is InChI=1S/C15H13FO4/c1-19-10-4-5-11(12(8-10)15(17)18)9-3-6-13(16)14(7-9)20-2/h3-8H,1-2H3,(H,17,18). The average Bonchev–Trinajstić information content (AvgIpc) is 2.47. The number of ether oxygens (including phenoxy) is 2. The minimum Gasteiger partial charge on any atom is -0.497 e. The second kappa shape index (κ2) is 5.61. The van der Waals surface area contributed by atoms with Crippen molar-refractivity contribution in [3.8, 4) is 22.6 Å². The summed E-state index contributed by atoms with van der Waals surface area (Å²) in [6, 6.07) is 8.90. The lowest BCUT2D eigenvalue weighted by Crippen LogP contribution is -2.01. The average molecular weight is 276 g/mol. The van der Waals surface area contributed by atoms with Gasteiger partial charge in [-0.2, -0.15) is 0 Å². The van der Waals surface area contributed by atoms with Crippen molar-refractivity contribution in [3.05, 3.63) is 47.8 Å². The fourth-order valence-corrected chi connectivity index (χ4v) is 1.91. The van der Waals surface area contributed by atoms with Crippen LogP contribution >= 0.6 is 0 Å². The molecule has 0 aliphatic heterocycles. The summed E-state index contributed by atoms with van der Waals surface area (Å²) >= 11 is 0. The third-order valence-corrected chi connectivity index (χ3v) is 2.92. The Morgan fingerprint density at radius 2 is 1.85 bits per heavy atom. The highest BCUT2D eigenvalue weighted by Gasteiger charge is 2.14. The zero-order valence-corrected chi connectivity index (χ0v) is 11.0. The van der Waals surface area contributed by atoms with E-state index in [9.17, 15) is 14.3 Å². The number of rotatable bonds is 4. The molecule has 104 valence electrons. The van der Waals surface area contributed by atoms with E-state index in [-0.39, 0.29) is 11.3 Å². The number of carbonyl (C=O) groups is 1. The topological polar surface area (TPSA) is 55.8 Å². The van der Waals surface area contributed by atoms with Crippen LogP contribution in [0, 0.1) is 5.82 Å². The van der Waals surface area contributed by atoms with Gasteiger partial charge in [0.2, 0.25) is 0 Å². The summed E-state index contributed by atoms with van der Waals surface area (Å²) in [5, 5.41) is 9.27. The third-order valence-electron chi connectivity index (χ3n) is 2.92. The SMILES string of the molecule is COc1ccc(-c2ccc(F)c(OC)c2)c(C(=O)O)c1. The zero-order valence-electron chi connectivity index (χ0n) is 11.0. The third kappa shape index (κ3) is 2.56. The lowest BCUT2D eigenvalue weighted by atomic mass is 9.99. The molecule has 0 bridgehead atoms. The molecular formula is C15H13FO4. The van der Waals surface area contributed by atoms with E-state index in [0.717, 1.165) is 0 Å². The van der Waals surface area contributed by atoms with Crippen LogP contribution < -0.4 is 9.47 Å². The van der Waals surface area contributed by atoms with Crippen LogP contribution in [0.4, 0.5) is 4.39 Å². The highest BCUT2D eigenvalue weighted by atomic mass is 19.1. The monoisotopic (exact) mass is 276 g/mol. The highest BCUT2D eigenvalue weighted by molar-refractivity contribution is 5.96. The second-order valence-corrected chi connectivity index (χ2v) is 4.07. The molecule has 0 saturated heterocycles. The Bertz CT molecular complexity index is 652. The molecule has 1 N–H and O–H groups in total. The van der Waals surface area contributed by atoms with E-state index in [1.807, 2.05) is 0 Å². The molecule has 4 nitrogen and oxygen atoms in total. The van der Waals surface area contributed by atoms with Crippen molar-refractivity contribution in [1.29, 1.82) is 0 Å². The minimum absolute atomic E-state index is 0.0645. The molecule has 0 spiro atoms. The molecular weight excluding hydrogens is 263 g/mol. The number of carboxylic acids is 1. The van der Waals surface area contributed by atoms with Crippen molar-refractivity contribution in [3.63, 3.8) is 0 Å². The minimum atomic E-state index is -1.08. The predicted molar refractivity (Wildman–Crippen MR) is 71.9 cm³/mol. The van der Waals surface area contributed by atoms with E-state index in [4.69, 9.17) is 9.47 Å². The lowest BCUT2D eigenvalue weighted by Gasteiger charge is -2.10. The van der Waals surface area contributed by atoms with Crippen molar-refractivity contribution in [2.45, 2.75) is 0 Å². The molecule has 2 rings (SSSR count). The van der Waals surface area contributed by atoms with Crippen LogP contribution in [0.25, 0.3) is 11.1 Å². The summed E-state index contributed by atoms with van der Waals surface area (Å²) in [7, 11) is 2.82. The van der Waals surface area contributed by atoms with Crippen molar-refractivity contribution >= 4 is 5.97 Å². The van der Waals surface area contributed by atoms with Gasteiger partial charge in [-0.25, -0.2) is 9.18 Å². The first-order valence-corrected chi connectivity index (χ1v) is 5.82. The number of hydrogen-bond acceptors (Lipinski definition) is 3. The number of carboxylic acid groups (broad SMARTS) is 1. The van der Waals surface area contributed by atoms with E-state index < -0.39 is 11.8 Å². The fraction of sp³-hybridized carbons (Fsp3) is 0.133. The molecule has 20 heavy (non-hydrogen) atoms. The van der Waals surface area contributed by atoms with Gasteiger partial charge in [0.15, 0.2) is 11.6 Å². The van der Waals surface area contributed by atoms with Crippen molar-refractivity contribution in [2.24, 2.45) is 0 Å². The van der Waals surface area contributed by atoms with Gasteiger partial charge in [-0.1, -0.05) is 6.07 Å². The second-order valence-electron chi connectivity index (χ2n) is 4.07. The summed E-state index contributed by atoms with van der Waals surface area (Å²) in [5.41, 5.74) is 1.11. The summed E-state index contributed by atoms with van der Waals surface area (Å²) in [5.74, 6) is -1.07. The number of methoxy groups -OCH3 is 2. The molecule has 0 aliphatic rings. The molecule has 0 unspecified atom stereocenters. The normalized spacial score (nSPS) is 10.2. The zero-order chi connectivity index (χ0) is 14.7. The first-order chi connectivity index (χ1) is 9.56. The van der Waals surface area contributed by atoms with Gasteiger partial charge < -0.3 is 14.6 Å². The summed E-state index contributed by atoms with van der Waals surface area (Å²) in [6.45, 7) is 0. The van der Waals surface area contributed by atoms with E-state index in [2.05, 4.69) is 0 Å². The van der Waals surface area contributed by atoms with Crippen LogP contribution in [0.2, 0.25) is 0 Å². The van der Waals surface area contributed by atoms with Gasteiger partial charge in [-0.15, -0.1) is 0 Å². The maximum atomic E-state index is 13.4. The smallest absolute Gasteiger partial charge is 0.336 e. The molecule has 2 aromatic carbocycles. The molecule has 0 fully saturated rings. The number of aromatic carboxylic acids is 1. The predicted octanol–water partition coefficient (Wildman–Crippen LogP) is 3.21. The molecule has 0 aromatic heterocycles. The number of benzene rings is 2. The molecule has 0 atom stereocenters. The Labute approximate surface area is 115 Å². The molecule has 0 saturated carbocycles. The van der Waals surface area contributed by atoms with Crippen LogP contribution in [-0.4, -0.2) is 25.3 Å². The van der Waals surface area contributed by atoms with Gasteiger partial charge >= 0.3 is 5.97 Å². The van der Waals surface area contributed by atoms with Crippen LogP contribution in [0.1, 0.15) is 10.4 Å². The van der Waals surface area contributed by atoms with E-state index in [0.29, 0.717) is 16.9 Å². The molecule has 2 aromatic rings. The highest BCUT2D eigenvalue weighted by Crippen LogP contribution is 2.31. The van der Waals surface area contributed by atoms with Crippen LogP contribution in [0.3, 0.4) is 0 Å². The number of hydrogen-bond donors (Lipinski definition) is 1. The first kappa shape index (κ1) is 13.9. The Morgan fingerprint density at radius 3 is 2.45 bits per heavy atom. The maximum Gasteiger partial charge on any atom is 0.336 e. The largest absolute Gasteiger partial charge is 0.497 e. The lowest BCUT2D eigenvalue weighted by molar-refractivity contribution is 0.0697. The summed E-state index contributed by atoms with van der Waals surface area (Å²) in [4.78, 5) is 11.3. The van der Waals surface area contributed by atoms with Gasteiger partial charge in [-0.05, 0) is 41.5 Å². The van der Waals surface area contributed by atoms with Crippen LogP contribution in [0.15, 0.2) is 36.4 Å². The number of halogens is 1. The van der Waals surface area contributed by atoms with E-state index in [1.54, 1.807) is 12.1 Å². The Hall–Kier alpha value is -2.56. The quantitative estimate of drug-likeness (QED) is 0.931. The van der Waals surface area contributed by atoms with Gasteiger partial charge in [0.1, 0.15) is 5.75 Å². The van der Waals surface area contributed by atoms with Gasteiger partial charge in [0.05, 0.1) is 19.8 Å². The summed E-state index contributed by atoms with van der Waals surface area (Å²) < 4.78 is 23.3. The molecule has 0 heterocycles. The molecule has 0 aliphatic carbocycles. The summed E-state index contributed by atoms with van der Waals surface area (Å²) in [6.07, 6.45) is 0. The molecule has 5 heteroatoms. The Kier molecular flexibility index (Phi) is 3.89. The van der Waals surface area contributed by atoms with E-state index in [1.165, 1.54) is 38.5 Å². The fourth-order valence-electron chi connectivity index (χ4n) is 1.91. The van der Waals surface area contributed by atoms with Crippen molar-refractivity contribution < 1.29 is 23.8 Å². The Balaban J connectivity index is 2.60. The van der Waals surface area contributed by atoms with Gasteiger partial charge in [0, 0.05) is 0 Å².